The first-order valence-corrected chi connectivity index (χ1v) is 8.51. The minimum absolute atomic E-state index is 0.0152. The van der Waals surface area contributed by atoms with E-state index in [1.165, 1.54) is 12.1 Å². The zero-order chi connectivity index (χ0) is 18.5. The van der Waals surface area contributed by atoms with E-state index in [1.54, 1.807) is 29.0 Å². The number of nitrogens with zero attached hydrogens (tertiary/aromatic N) is 3. The van der Waals surface area contributed by atoms with Crippen LogP contribution in [-0.2, 0) is 0 Å². The van der Waals surface area contributed by atoms with Crippen molar-refractivity contribution in [1.29, 1.82) is 0 Å². The summed E-state index contributed by atoms with van der Waals surface area (Å²) in [7, 11) is 0. The normalized spacial score (nSPS) is 11.5. The fraction of sp³-hybridized carbons (Fsp3) is 0.0476. The summed E-state index contributed by atoms with van der Waals surface area (Å²) in [6.45, 7) is 1.81. The first-order valence-electron chi connectivity index (χ1n) is 8.51. The second kappa shape index (κ2) is 5.74. The lowest BCUT2D eigenvalue weighted by Gasteiger charge is -2.15. The van der Waals surface area contributed by atoms with Crippen LogP contribution in [0.2, 0.25) is 0 Å². The molecule has 0 saturated carbocycles. The fourth-order valence-corrected chi connectivity index (χ4v) is 3.51. The molecule has 1 N–H and O–H groups in total. The van der Waals surface area contributed by atoms with E-state index in [2.05, 4.69) is 15.0 Å². The van der Waals surface area contributed by atoms with Gasteiger partial charge in [0.1, 0.15) is 17.3 Å². The average Bonchev–Trinajstić information content (AvgIpc) is 3.23. The zero-order valence-electron chi connectivity index (χ0n) is 14.4. The Morgan fingerprint density at radius 1 is 0.926 bits per heavy atom. The van der Waals surface area contributed by atoms with E-state index >= 15 is 4.39 Å². The molecule has 0 saturated heterocycles. The first-order chi connectivity index (χ1) is 13.1. The highest BCUT2D eigenvalue weighted by molar-refractivity contribution is 5.92. The number of aromatic amines is 1. The van der Waals surface area contributed by atoms with Gasteiger partial charge in [-0.25, -0.2) is 18.7 Å². The molecule has 0 aliphatic carbocycles. The van der Waals surface area contributed by atoms with Crippen LogP contribution in [0.5, 0.6) is 0 Å². The Morgan fingerprint density at radius 3 is 2.56 bits per heavy atom. The number of hydrogen-bond donors (Lipinski definition) is 1. The van der Waals surface area contributed by atoms with Gasteiger partial charge in [0.25, 0.3) is 0 Å². The number of H-pyrrole nitrogens is 1. The molecule has 5 rings (SSSR count). The fourth-order valence-electron chi connectivity index (χ4n) is 3.51. The number of nitrogens with one attached hydrogen (secondary N) is 1. The topological polar surface area (TPSA) is 46.5 Å². The van der Waals surface area contributed by atoms with Crippen molar-refractivity contribution in [3.8, 4) is 16.9 Å². The number of benzene rings is 2. The first kappa shape index (κ1) is 15.7. The Labute approximate surface area is 153 Å². The Kier molecular flexibility index (Phi) is 3.33. The third-order valence-electron chi connectivity index (χ3n) is 4.70. The highest BCUT2D eigenvalue weighted by atomic mass is 19.1. The number of fused-ring (bicyclic) bond motifs is 2. The molecule has 0 atom stereocenters. The third-order valence-corrected chi connectivity index (χ3v) is 4.70. The monoisotopic (exact) mass is 360 g/mol. The zero-order valence-corrected chi connectivity index (χ0v) is 14.4. The van der Waals surface area contributed by atoms with E-state index in [-0.39, 0.29) is 11.3 Å². The van der Waals surface area contributed by atoms with Crippen molar-refractivity contribution in [3.63, 3.8) is 0 Å². The number of hydrogen-bond acceptors (Lipinski definition) is 2. The highest BCUT2D eigenvalue weighted by Gasteiger charge is 2.22. The van der Waals surface area contributed by atoms with Gasteiger partial charge in [0, 0.05) is 17.1 Å². The quantitative estimate of drug-likeness (QED) is 0.473. The van der Waals surface area contributed by atoms with Gasteiger partial charge in [-0.3, -0.25) is 4.57 Å². The molecule has 0 aliphatic heterocycles. The average molecular weight is 360 g/mol. The standard InChI is InChI=1S/C21H14F2N4/c1-12-25-21-17(10-11-24-21)27(12)20-14-7-3-5-9-16(14)26-19(18(20)23)13-6-2-4-8-15(13)22/h2-11,24H,1H3. The van der Waals surface area contributed by atoms with Gasteiger partial charge in [0.15, 0.2) is 11.5 Å². The summed E-state index contributed by atoms with van der Waals surface area (Å²) in [5.41, 5.74) is 2.44. The van der Waals surface area contributed by atoms with Crippen molar-refractivity contribution < 1.29 is 8.78 Å². The summed E-state index contributed by atoms with van der Waals surface area (Å²) in [5, 5.41) is 0.638. The van der Waals surface area contributed by atoms with Crippen molar-refractivity contribution in [3.05, 3.63) is 78.3 Å². The molecule has 0 spiro atoms. The molecule has 0 amide bonds. The Morgan fingerprint density at radius 2 is 1.70 bits per heavy atom. The lowest BCUT2D eigenvalue weighted by Crippen LogP contribution is -2.05. The Balaban J connectivity index is 1.95. The minimum atomic E-state index is -0.581. The Hall–Kier alpha value is -3.54. The molecular weight excluding hydrogens is 346 g/mol. The van der Waals surface area contributed by atoms with E-state index in [1.807, 2.05) is 31.2 Å². The van der Waals surface area contributed by atoms with Gasteiger partial charge >= 0.3 is 0 Å². The van der Waals surface area contributed by atoms with Gasteiger partial charge < -0.3 is 4.98 Å². The molecule has 2 aromatic carbocycles. The summed E-state index contributed by atoms with van der Waals surface area (Å²) in [6, 6.07) is 15.2. The van der Waals surface area contributed by atoms with Crippen LogP contribution < -0.4 is 0 Å². The maximum Gasteiger partial charge on any atom is 0.174 e. The van der Waals surface area contributed by atoms with Crippen molar-refractivity contribution in [2.45, 2.75) is 6.92 Å². The van der Waals surface area contributed by atoms with Gasteiger partial charge in [0.2, 0.25) is 0 Å². The number of para-hydroxylation sites is 1. The van der Waals surface area contributed by atoms with Gasteiger partial charge in [-0.05, 0) is 31.2 Å². The SMILES string of the molecule is Cc1nc2[nH]ccc2n1-c1c(F)c(-c2ccccc2F)nc2ccccc12. The van der Waals surface area contributed by atoms with Crippen LogP contribution in [0.4, 0.5) is 8.78 Å². The van der Waals surface area contributed by atoms with Crippen LogP contribution in [0.15, 0.2) is 60.8 Å². The number of imidazole rings is 1. The summed E-state index contributed by atoms with van der Waals surface area (Å²) in [5.74, 6) is -0.465. The molecule has 5 aromatic rings. The predicted molar refractivity (Wildman–Crippen MR) is 101 cm³/mol. The van der Waals surface area contributed by atoms with E-state index < -0.39 is 11.6 Å². The molecule has 6 heteroatoms. The van der Waals surface area contributed by atoms with Crippen molar-refractivity contribution in [1.82, 2.24) is 19.5 Å². The number of halogens is 2. The van der Waals surface area contributed by atoms with Crippen LogP contribution in [0, 0.1) is 18.6 Å². The number of pyridine rings is 1. The molecule has 132 valence electrons. The molecular formula is C21H14F2N4. The maximum absolute atomic E-state index is 15.8. The lowest BCUT2D eigenvalue weighted by molar-refractivity contribution is 0.608. The molecule has 0 radical (unpaired) electrons. The summed E-state index contributed by atoms with van der Waals surface area (Å²) in [4.78, 5) is 11.9. The van der Waals surface area contributed by atoms with Crippen LogP contribution in [0.1, 0.15) is 5.82 Å². The second-order valence-corrected chi connectivity index (χ2v) is 6.33. The molecule has 0 fully saturated rings. The van der Waals surface area contributed by atoms with Crippen LogP contribution in [0.25, 0.3) is 39.0 Å². The van der Waals surface area contributed by atoms with E-state index in [4.69, 9.17) is 0 Å². The van der Waals surface area contributed by atoms with Crippen LogP contribution in [0.3, 0.4) is 0 Å². The predicted octanol–water partition coefficient (Wildman–Crippen LogP) is 5.16. The van der Waals surface area contributed by atoms with Crippen LogP contribution in [-0.4, -0.2) is 19.5 Å². The molecule has 3 aromatic heterocycles. The van der Waals surface area contributed by atoms with Gasteiger partial charge in [-0.15, -0.1) is 0 Å². The summed E-state index contributed by atoms with van der Waals surface area (Å²) < 4.78 is 31.9. The Bertz CT molecular complexity index is 1320. The highest BCUT2D eigenvalue weighted by Crippen LogP contribution is 2.34. The molecule has 3 heterocycles. The van der Waals surface area contributed by atoms with Crippen molar-refractivity contribution >= 4 is 22.1 Å². The number of aromatic nitrogens is 4. The molecule has 0 unspecified atom stereocenters. The smallest absolute Gasteiger partial charge is 0.174 e. The van der Waals surface area contributed by atoms with Crippen molar-refractivity contribution in [2.24, 2.45) is 0 Å². The number of rotatable bonds is 2. The molecule has 4 nitrogen and oxygen atoms in total. The van der Waals surface area contributed by atoms with E-state index in [0.29, 0.717) is 28.1 Å². The van der Waals surface area contributed by atoms with Gasteiger partial charge in [-0.1, -0.05) is 30.3 Å². The summed E-state index contributed by atoms with van der Waals surface area (Å²) in [6.07, 6.45) is 1.76. The summed E-state index contributed by atoms with van der Waals surface area (Å²) >= 11 is 0. The van der Waals surface area contributed by atoms with Crippen LogP contribution >= 0.6 is 0 Å². The molecule has 0 bridgehead atoms. The molecule has 27 heavy (non-hydrogen) atoms. The second-order valence-electron chi connectivity index (χ2n) is 6.33. The number of aryl methyl sites for hydroxylation is 1. The maximum atomic E-state index is 15.8. The lowest BCUT2D eigenvalue weighted by atomic mass is 10.1. The van der Waals surface area contributed by atoms with E-state index in [0.717, 1.165) is 5.52 Å². The van der Waals surface area contributed by atoms with Crippen molar-refractivity contribution in [2.75, 3.05) is 0 Å². The van der Waals surface area contributed by atoms with Gasteiger partial charge in [-0.2, -0.15) is 0 Å². The molecule has 0 aliphatic rings. The third kappa shape index (κ3) is 2.26. The largest absolute Gasteiger partial charge is 0.345 e. The minimum Gasteiger partial charge on any atom is -0.345 e. The van der Waals surface area contributed by atoms with Gasteiger partial charge in [0.05, 0.1) is 16.7 Å². The van der Waals surface area contributed by atoms with E-state index in [9.17, 15) is 4.39 Å².